The van der Waals surface area contributed by atoms with Crippen LogP contribution in [0.1, 0.15) is 38.2 Å². The van der Waals surface area contributed by atoms with Crippen molar-refractivity contribution in [3.8, 4) is 0 Å². The molecule has 1 unspecified atom stereocenters. The van der Waals surface area contributed by atoms with Crippen LogP contribution in [-0.4, -0.2) is 36.1 Å². The lowest BCUT2D eigenvalue weighted by molar-refractivity contribution is -0.138. The van der Waals surface area contributed by atoms with Crippen molar-refractivity contribution in [3.05, 3.63) is 29.8 Å². The zero-order valence-corrected chi connectivity index (χ0v) is 12.8. The quantitative estimate of drug-likeness (QED) is 0.825. The third-order valence-electron chi connectivity index (χ3n) is 4.69. The van der Waals surface area contributed by atoms with E-state index < -0.39 is 11.8 Å². The summed E-state index contributed by atoms with van der Waals surface area (Å²) < 4.78 is 0. The first-order chi connectivity index (χ1) is 10.6. The van der Waals surface area contributed by atoms with Crippen LogP contribution < -0.4 is 10.2 Å². The van der Waals surface area contributed by atoms with E-state index in [0.717, 1.165) is 18.5 Å². The summed E-state index contributed by atoms with van der Waals surface area (Å²) in [7, 11) is 0. The molecule has 1 atom stereocenters. The maximum absolute atomic E-state index is 12.5. The summed E-state index contributed by atoms with van der Waals surface area (Å²) in [6.45, 7) is 2.56. The van der Waals surface area contributed by atoms with E-state index in [1.165, 1.54) is 5.56 Å². The maximum Gasteiger partial charge on any atom is 0.316 e. The Balaban J connectivity index is 1.70. The average molecular weight is 302 g/mol. The highest BCUT2D eigenvalue weighted by molar-refractivity contribution is 6.40. The zero-order valence-electron chi connectivity index (χ0n) is 12.8. The van der Waals surface area contributed by atoms with Crippen molar-refractivity contribution in [1.82, 2.24) is 5.32 Å². The molecule has 22 heavy (non-hydrogen) atoms. The molecule has 1 fully saturated rings. The molecule has 1 aliphatic carbocycles. The van der Waals surface area contributed by atoms with E-state index in [-0.39, 0.29) is 18.1 Å². The molecule has 2 amide bonds. The number of carbonyl (C=O) groups excluding carboxylic acids is 2. The highest BCUT2D eigenvalue weighted by atomic mass is 16.3. The molecule has 3 rings (SSSR count). The van der Waals surface area contributed by atoms with Crippen LogP contribution in [0.3, 0.4) is 0 Å². The Morgan fingerprint density at radius 1 is 1.36 bits per heavy atom. The van der Waals surface area contributed by atoms with Gasteiger partial charge in [0.25, 0.3) is 0 Å². The number of carbonyl (C=O) groups is 2. The van der Waals surface area contributed by atoms with Crippen LogP contribution in [0.2, 0.25) is 0 Å². The van der Waals surface area contributed by atoms with Gasteiger partial charge in [0.15, 0.2) is 0 Å². The van der Waals surface area contributed by atoms with Crippen molar-refractivity contribution in [2.24, 2.45) is 0 Å². The van der Waals surface area contributed by atoms with Crippen molar-refractivity contribution in [3.63, 3.8) is 0 Å². The van der Waals surface area contributed by atoms with Crippen LogP contribution in [0.15, 0.2) is 24.3 Å². The molecular weight excluding hydrogens is 280 g/mol. The molecule has 1 saturated carbocycles. The summed E-state index contributed by atoms with van der Waals surface area (Å²) in [4.78, 5) is 26.3. The number of hydrogen-bond donors (Lipinski definition) is 2. The summed E-state index contributed by atoms with van der Waals surface area (Å²) in [5, 5.41) is 11.5. The number of benzene rings is 1. The van der Waals surface area contributed by atoms with Gasteiger partial charge in [-0.05, 0) is 44.2 Å². The molecule has 1 spiro atoms. The normalized spacial score (nSPS) is 18.9. The third-order valence-corrected chi connectivity index (χ3v) is 4.69. The summed E-state index contributed by atoms with van der Waals surface area (Å²) in [5.41, 5.74) is 2.17. The Hall–Kier alpha value is -1.88. The lowest BCUT2D eigenvalue weighted by atomic mass is 9.99. The minimum Gasteiger partial charge on any atom is -0.396 e. The van der Waals surface area contributed by atoms with Crippen molar-refractivity contribution < 1.29 is 14.7 Å². The van der Waals surface area contributed by atoms with Crippen molar-refractivity contribution in [2.75, 3.05) is 18.1 Å². The summed E-state index contributed by atoms with van der Waals surface area (Å²) in [6.07, 6.45) is 3.45. The minimum absolute atomic E-state index is 0.0923. The molecule has 5 heteroatoms. The van der Waals surface area contributed by atoms with Gasteiger partial charge in [-0.3, -0.25) is 9.59 Å². The molecule has 1 aromatic carbocycles. The minimum atomic E-state index is -0.557. The van der Waals surface area contributed by atoms with E-state index in [9.17, 15) is 9.59 Å². The van der Waals surface area contributed by atoms with Crippen LogP contribution in [0.4, 0.5) is 5.69 Å². The average Bonchev–Trinajstić information content (AvgIpc) is 3.22. The van der Waals surface area contributed by atoms with E-state index in [2.05, 4.69) is 11.4 Å². The maximum atomic E-state index is 12.5. The standard InChI is InChI=1S/C17H22N2O3/c1-12(5-4-10-20)18-15(21)16(22)19-11-17(8-9-17)13-6-2-3-7-14(13)19/h2-3,6-7,12,20H,4-5,8-11H2,1H3,(H,18,21). The molecule has 0 radical (unpaired) electrons. The van der Waals surface area contributed by atoms with Gasteiger partial charge >= 0.3 is 11.8 Å². The number of aliphatic hydroxyl groups is 1. The Morgan fingerprint density at radius 3 is 2.77 bits per heavy atom. The number of nitrogens with zero attached hydrogens (tertiary/aromatic N) is 1. The van der Waals surface area contributed by atoms with Gasteiger partial charge in [-0.2, -0.15) is 0 Å². The summed E-state index contributed by atoms with van der Waals surface area (Å²) in [6, 6.07) is 7.77. The number of fused-ring (bicyclic) bond motifs is 2. The SMILES string of the molecule is CC(CCCO)NC(=O)C(=O)N1CC2(CC2)c2ccccc21. The van der Waals surface area contributed by atoms with E-state index in [4.69, 9.17) is 5.11 Å². The fraction of sp³-hybridized carbons (Fsp3) is 0.529. The second kappa shape index (κ2) is 5.72. The largest absolute Gasteiger partial charge is 0.396 e. The van der Waals surface area contributed by atoms with E-state index in [0.29, 0.717) is 19.4 Å². The first kappa shape index (κ1) is 15.0. The van der Waals surface area contributed by atoms with Crippen molar-refractivity contribution >= 4 is 17.5 Å². The van der Waals surface area contributed by atoms with Gasteiger partial charge in [-0.25, -0.2) is 0 Å². The van der Waals surface area contributed by atoms with E-state index >= 15 is 0 Å². The number of hydrogen-bond acceptors (Lipinski definition) is 3. The molecule has 2 N–H and O–H groups in total. The second-order valence-corrected chi connectivity index (χ2v) is 6.43. The Kier molecular flexibility index (Phi) is 3.91. The highest BCUT2D eigenvalue weighted by Gasteiger charge is 2.53. The molecule has 0 saturated heterocycles. The number of anilines is 1. The highest BCUT2D eigenvalue weighted by Crippen LogP contribution is 2.56. The molecule has 0 bridgehead atoms. The zero-order chi connectivity index (χ0) is 15.7. The topological polar surface area (TPSA) is 69.6 Å². The molecule has 0 aromatic heterocycles. The molecule has 1 heterocycles. The first-order valence-electron chi connectivity index (χ1n) is 7.90. The number of aliphatic hydroxyl groups excluding tert-OH is 1. The van der Waals surface area contributed by atoms with E-state index in [1.54, 1.807) is 4.90 Å². The fourth-order valence-corrected chi connectivity index (χ4v) is 3.27. The molecule has 1 aromatic rings. The lowest BCUT2D eigenvalue weighted by Gasteiger charge is -2.19. The molecule has 118 valence electrons. The van der Waals surface area contributed by atoms with Crippen molar-refractivity contribution in [2.45, 2.75) is 44.1 Å². The summed E-state index contributed by atoms with van der Waals surface area (Å²) in [5.74, 6) is -1.04. The second-order valence-electron chi connectivity index (χ2n) is 6.43. The van der Waals surface area contributed by atoms with Crippen LogP contribution in [0.25, 0.3) is 0 Å². The van der Waals surface area contributed by atoms with Gasteiger partial charge in [0.1, 0.15) is 0 Å². The number of nitrogens with one attached hydrogen (secondary N) is 1. The van der Waals surface area contributed by atoms with E-state index in [1.807, 2.05) is 25.1 Å². The van der Waals surface area contributed by atoms with Gasteiger partial charge < -0.3 is 15.3 Å². The van der Waals surface area contributed by atoms with Gasteiger partial charge in [-0.1, -0.05) is 18.2 Å². The van der Waals surface area contributed by atoms with Gasteiger partial charge in [-0.15, -0.1) is 0 Å². The summed E-state index contributed by atoms with van der Waals surface area (Å²) >= 11 is 0. The molecule has 2 aliphatic rings. The smallest absolute Gasteiger partial charge is 0.316 e. The number of para-hydroxylation sites is 1. The monoisotopic (exact) mass is 302 g/mol. The van der Waals surface area contributed by atoms with Crippen LogP contribution in [-0.2, 0) is 15.0 Å². The van der Waals surface area contributed by atoms with Gasteiger partial charge in [0.05, 0.1) is 0 Å². The Labute approximate surface area is 130 Å². The molecular formula is C17H22N2O3. The number of rotatable bonds is 4. The number of amides is 2. The van der Waals surface area contributed by atoms with Crippen LogP contribution >= 0.6 is 0 Å². The van der Waals surface area contributed by atoms with Crippen LogP contribution in [0.5, 0.6) is 0 Å². The molecule has 1 aliphatic heterocycles. The fourth-order valence-electron chi connectivity index (χ4n) is 3.27. The third kappa shape index (κ3) is 2.61. The van der Waals surface area contributed by atoms with Gasteiger partial charge in [0.2, 0.25) is 0 Å². The van der Waals surface area contributed by atoms with Crippen molar-refractivity contribution in [1.29, 1.82) is 0 Å². The lowest BCUT2D eigenvalue weighted by Crippen LogP contribution is -2.46. The Morgan fingerprint density at radius 2 is 2.09 bits per heavy atom. The predicted octanol–water partition coefficient (Wildman–Crippen LogP) is 1.34. The van der Waals surface area contributed by atoms with Crippen LogP contribution in [0, 0.1) is 0 Å². The predicted molar refractivity (Wildman–Crippen MR) is 83.6 cm³/mol. The van der Waals surface area contributed by atoms with Gasteiger partial charge in [0, 0.05) is 30.3 Å². The Bertz CT molecular complexity index is 595. The first-order valence-corrected chi connectivity index (χ1v) is 7.90. The molecule has 5 nitrogen and oxygen atoms in total.